The highest BCUT2D eigenvalue weighted by Gasteiger charge is 2.30. The van der Waals surface area contributed by atoms with Gasteiger partial charge in [-0.25, -0.2) is 9.07 Å². The highest BCUT2D eigenvalue weighted by Crippen LogP contribution is 2.26. The lowest BCUT2D eigenvalue weighted by Crippen LogP contribution is -2.26. The summed E-state index contributed by atoms with van der Waals surface area (Å²) in [5, 5.41) is 18.7. The fourth-order valence-electron chi connectivity index (χ4n) is 4.56. The van der Waals surface area contributed by atoms with E-state index >= 15 is 0 Å². The van der Waals surface area contributed by atoms with Crippen LogP contribution in [0.5, 0.6) is 11.5 Å². The first-order chi connectivity index (χ1) is 23.5. The number of carbonyl (C=O) groups excluding carboxylic acids is 1. The van der Waals surface area contributed by atoms with Crippen LogP contribution in [0.2, 0.25) is 0 Å². The Morgan fingerprint density at radius 2 is 1.59 bits per heavy atom. The van der Waals surface area contributed by atoms with Crippen molar-refractivity contribution < 1.29 is 31.8 Å². The smallest absolute Gasteiger partial charge is 0.415 e. The molecule has 258 valence electrons. The van der Waals surface area contributed by atoms with Crippen molar-refractivity contribution in [1.29, 1.82) is 0 Å². The third kappa shape index (κ3) is 11.0. The second kappa shape index (κ2) is 17.0. The zero-order valence-corrected chi connectivity index (χ0v) is 27.0. The number of rotatable bonds is 17. The lowest BCUT2D eigenvalue weighted by atomic mass is 10.1. The maximum absolute atomic E-state index is 14.9. The third-order valence-corrected chi connectivity index (χ3v) is 7.30. The Morgan fingerprint density at radius 3 is 2.10 bits per heavy atom. The van der Waals surface area contributed by atoms with Crippen molar-refractivity contribution in [2.45, 2.75) is 44.8 Å². The number of aryl methyl sites for hydroxylation is 1. The zero-order valence-electron chi connectivity index (χ0n) is 27.0. The number of nitrogens with one attached hydrogen (secondary N) is 1. The van der Waals surface area contributed by atoms with Gasteiger partial charge in [-0.05, 0) is 73.2 Å². The van der Waals surface area contributed by atoms with Gasteiger partial charge in [0.25, 0.3) is 5.91 Å². The van der Waals surface area contributed by atoms with E-state index in [1.54, 1.807) is 14.2 Å². The molecular weight excluding hydrogens is 644 g/mol. The molecule has 0 aliphatic rings. The average molecular weight is 681 g/mol. The number of alkyl halides is 4. The SMILES string of the molecule is C=N/C(=C\C(=C)C(F)(F)F)CNC(=O)c1cn(CC(F)CCc2ccc(N(Cc3ccc(OC)cc3)Cc3ccc(OC)cc3)nn2)nn1. The van der Waals surface area contributed by atoms with Gasteiger partial charge in [-0.15, -0.1) is 10.2 Å². The van der Waals surface area contributed by atoms with Crippen molar-refractivity contribution in [1.82, 2.24) is 30.5 Å². The lowest BCUT2D eigenvalue weighted by Gasteiger charge is -2.24. The summed E-state index contributed by atoms with van der Waals surface area (Å²) in [6.07, 6.45) is -3.64. The fourth-order valence-corrected chi connectivity index (χ4v) is 4.56. The Bertz CT molecular complexity index is 1670. The number of nitrogens with zero attached hydrogens (tertiary/aromatic N) is 7. The van der Waals surface area contributed by atoms with Crippen molar-refractivity contribution in [3.05, 3.63) is 113 Å². The van der Waals surface area contributed by atoms with Crippen molar-refractivity contribution in [2.24, 2.45) is 4.99 Å². The molecule has 15 heteroatoms. The minimum atomic E-state index is -4.64. The predicted molar refractivity (Wildman–Crippen MR) is 176 cm³/mol. The van der Waals surface area contributed by atoms with Crippen LogP contribution in [0.1, 0.15) is 33.7 Å². The van der Waals surface area contributed by atoms with Gasteiger partial charge in [-0.3, -0.25) is 9.79 Å². The Kier molecular flexibility index (Phi) is 12.6. The maximum atomic E-state index is 14.9. The number of aromatic nitrogens is 5. The van der Waals surface area contributed by atoms with Gasteiger partial charge in [-0.2, -0.15) is 18.3 Å². The Labute approximate surface area is 281 Å². The van der Waals surface area contributed by atoms with E-state index in [1.165, 1.54) is 10.9 Å². The van der Waals surface area contributed by atoms with Gasteiger partial charge < -0.3 is 19.7 Å². The number of halogens is 4. The van der Waals surface area contributed by atoms with Crippen LogP contribution in [0.3, 0.4) is 0 Å². The van der Waals surface area contributed by atoms with E-state index in [0.717, 1.165) is 22.6 Å². The molecule has 0 spiro atoms. The summed E-state index contributed by atoms with van der Waals surface area (Å²) < 4.78 is 64.8. The minimum absolute atomic E-state index is 0.110. The molecule has 1 N–H and O–H groups in total. The van der Waals surface area contributed by atoms with Crippen LogP contribution in [0.15, 0.2) is 95.8 Å². The number of benzene rings is 2. The van der Waals surface area contributed by atoms with Gasteiger partial charge in [-0.1, -0.05) is 36.1 Å². The molecule has 1 unspecified atom stereocenters. The molecule has 1 amide bonds. The van der Waals surface area contributed by atoms with Crippen molar-refractivity contribution in [3.63, 3.8) is 0 Å². The number of hydrogen-bond donors (Lipinski definition) is 1. The van der Waals surface area contributed by atoms with Gasteiger partial charge in [0, 0.05) is 13.1 Å². The number of aliphatic imine (C=N–C) groups is 1. The van der Waals surface area contributed by atoms with Gasteiger partial charge in [0.15, 0.2) is 11.5 Å². The summed E-state index contributed by atoms with van der Waals surface area (Å²) in [5.41, 5.74) is 1.29. The Hall–Kier alpha value is -5.60. The average Bonchev–Trinajstić information content (AvgIpc) is 3.57. The molecule has 2 aromatic carbocycles. The largest absolute Gasteiger partial charge is 0.497 e. The summed E-state index contributed by atoms with van der Waals surface area (Å²) >= 11 is 0. The summed E-state index contributed by atoms with van der Waals surface area (Å²) in [7, 11) is 3.24. The van der Waals surface area contributed by atoms with Gasteiger partial charge >= 0.3 is 6.18 Å². The first kappa shape index (κ1) is 36.2. The Morgan fingerprint density at radius 1 is 0.980 bits per heavy atom. The molecule has 2 aromatic heterocycles. The van der Waals surface area contributed by atoms with Crippen LogP contribution >= 0.6 is 0 Å². The molecule has 0 saturated carbocycles. The molecule has 1 atom stereocenters. The first-order valence-corrected chi connectivity index (χ1v) is 15.1. The molecule has 4 rings (SSSR count). The zero-order chi connectivity index (χ0) is 35.4. The van der Waals surface area contributed by atoms with Crippen LogP contribution in [-0.4, -0.2) is 70.9 Å². The number of hydrogen-bond acceptors (Lipinski definition) is 9. The van der Waals surface area contributed by atoms with E-state index in [1.807, 2.05) is 60.7 Å². The maximum Gasteiger partial charge on any atom is 0.415 e. The van der Waals surface area contributed by atoms with Crippen molar-refractivity contribution >= 4 is 18.4 Å². The third-order valence-electron chi connectivity index (χ3n) is 7.30. The van der Waals surface area contributed by atoms with Gasteiger partial charge in [0.1, 0.15) is 17.7 Å². The monoisotopic (exact) mass is 680 g/mol. The fraction of sp³-hybridized carbons (Fsp3) is 0.294. The van der Waals surface area contributed by atoms with E-state index in [9.17, 15) is 22.4 Å². The minimum Gasteiger partial charge on any atom is -0.497 e. The molecule has 0 radical (unpaired) electrons. The molecule has 0 aliphatic carbocycles. The molecule has 0 aliphatic heterocycles. The van der Waals surface area contributed by atoms with Crippen LogP contribution in [0.4, 0.5) is 23.4 Å². The number of anilines is 1. The van der Waals surface area contributed by atoms with E-state index in [-0.39, 0.29) is 30.9 Å². The Balaban J connectivity index is 1.32. The standard InChI is InChI=1S/C34H36F4N8O3/c1-23(34(36,37)38)17-28(39-2)18-40-33(47)31-22-46(44-42-31)21-26(35)9-10-27-11-16-32(43-41-27)45(19-24-5-12-29(48-3)13-6-24)20-25-7-14-30(49-4)15-8-25/h5-8,11-17,22,26H,1-2,9-10,18-21H2,3-4H3,(H,40,47)/b28-17-. The van der Waals surface area contributed by atoms with Crippen LogP contribution < -0.4 is 19.7 Å². The highest BCUT2D eigenvalue weighted by atomic mass is 19.4. The van der Waals surface area contributed by atoms with E-state index in [2.05, 4.69) is 49.0 Å². The van der Waals surface area contributed by atoms with Crippen molar-refractivity contribution in [3.8, 4) is 11.5 Å². The van der Waals surface area contributed by atoms with Gasteiger partial charge in [0.05, 0.1) is 50.5 Å². The highest BCUT2D eigenvalue weighted by molar-refractivity contribution is 5.92. The van der Waals surface area contributed by atoms with E-state index in [4.69, 9.17) is 9.47 Å². The molecule has 49 heavy (non-hydrogen) atoms. The topological polar surface area (TPSA) is 120 Å². The molecule has 4 aromatic rings. The predicted octanol–water partition coefficient (Wildman–Crippen LogP) is 5.70. The second-order valence-electron chi connectivity index (χ2n) is 10.9. The van der Waals surface area contributed by atoms with Crippen LogP contribution in [-0.2, 0) is 26.1 Å². The number of amides is 1. The summed E-state index contributed by atoms with van der Waals surface area (Å²) in [6, 6.07) is 19.2. The summed E-state index contributed by atoms with van der Waals surface area (Å²) in [6.45, 7) is 6.74. The summed E-state index contributed by atoms with van der Waals surface area (Å²) in [5.74, 6) is 1.45. The normalized spacial score (nSPS) is 12.2. The quantitative estimate of drug-likeness (QED) is 0.0858. The summed E-state index contributed by atoms with van der Waals surface area (Å²) in [4.78, 5) is 18.0. The number of methoxy groups -OCH3 is 2. The molecular formula is C34H36F4N8O3. The lowest BCUT2D eigenvalue weighted by molar-refractivity contribution is -0.0879. The number of ether oxygens (including phenoxy) is 2. The van der Waals surface area contributed by atoms with Crippen molar-refractivity contribution in [2.75, 3.05) is 25.7 Å². The van der Waals surface area contributed by atoms with Crippen LogP contribution in [0, 0.1) is 0 Å². The molecule has 11 nitrogen and oxygen atoms in total. The molecule has 0 fully saturated rings. The molecule has 0 saturated heterocycles. The molecule has 0 bridgehead atoms. The van der Waals surface area contributed by atoms with E-state index < -0.39 is 23.8 Å². The number of carbonyl (C=O) groups is 1. The van der Waals surface area contributed by atoms with Gasteiger partial charge in [0.2, 0.25) is 0 Å². The van der Waals surface area contributed by atoms with Crippen LogP contribution in [0.25, 0.3) is 0 Å². The molecule has 2 heterocycles. The second-order valence-corrected chi connectivity index (χ2v) is 10.9. The van der Waals surface area contributed by atoms with E-state index in [0.29, 0.717) is 37.1 Å². The first-order valence-electron chi connectivity index (χ1n) is 15.1. The number of allylic oxidation sites excluding steroid dienone is 2.